The third-order valence-corrected chi connectivity index (χ3v) is 7.64. The van der Waals surface area contributed by atoms with Crippen LogP contribution >= 0.6 is 11.8 Å². The zero-order chi connectivity index (χ0) is 24.1. The van der Waals surface area contributed by atoms with E-state index in [9.17, 15) is 14.7 Å². The van der Waals surface area contributed by atoms with E-state index in [1.807, 2.05) is 60.7 Å². The SMILES string of the molecule is Cn1c(=O)c(C2CC(c3cc4ccccc4oc3=O)=Nc3ccccc3S2)c(O)c2ccccc21. The first kappa shape index (κ1) is 21.4. The van der Waals surface area contributed by atoms with Crippen molar-refractivity contribution in [2.75, 3.05) is 0 Å². The fourth-order valence-corrected chi connectivity index (χ4v) is 5.87. The van der Waals surface area contributed by atoms with E-state index >= 15 is 0 Å². The molecule has 1 aliphatic rings. The molecule has 0 bridgehead atoms. The lowest BCUT2D eigenvalue weighted by atomic mass is 10.00. The molecule has 3 heterocycles. The Morgan fingerprint density at radius 1 is 1.00 bits per heavy atom. The van der Waals surface area contributed by atoms with Crippen LogP contribution in [0.15, 0.2) is 103 Å². The lowest BCUT2D eigenvalue weighted by molar-refractivity contribution is 0.471. The van der Waals surface area contributed by atoms with Crippen LogP contribution in [0.3, 0.4) is 0 Å². The van der Waals surface area contributed by atoms with Crippen molar-refractivity contribution in [1.82, 2.24) is 4.57 Å². The standard InChI is InChI=1S/C28H20N2O4S/c1-30-21-11-5-3-9-17(21)26(31)25(27(30)32)24-15-20(29-19-10-4-7-13-23(19)35-24)18-14-16-8-2-6-12-22(16)34-28(18)33/h2-14,24,31H,15H2,1H3. The van der Waals surface area contributed by atoms with Crippen LogP contribution in [-0.2, 0) is 7.05 Å². The van der Waals surface area contributed by atoms with Gasteiger partial charge in [-0.1, -0.05) is 42.5 Å². The number of hydrogen-bond acceptors (Lipinski definition) is 6. The Balaban J connectivity index is 1.58. The Hall–Kier alpha value is -4.10. The number of thioether (sulfide) groups is 1. The van der Waals surface area contributed by atoms with Crippen LogP contribution in [0, 0.1) is 0 Å². The lowest BCUT2D eigenvalue weighted by Crippen LogP contribution is -2.24. The van der Waals surface area contributed by atoms with E-state index in [-0.39, 0.29) is 17.7 Å². The predicted molar refractivity (Wildman–Crippen MR) is 139 cm³/mol. The number of aryl methyl sites for hydroxylation is 1. The molecule has 5 aromatic rings. The van der Waals surface area contributed by atoms with Crippen molar-refractivity contribution in [2.24, 2.45) is 12.0 Å². The van der Waals surface area contributed by atoms with E-state index in [0.717, 1.165) is 10.3 Å². The molecule has 0 aliphatic carbocycles. The Morgan fingerprint density at radius 2 is 1.74 bits per heavy atom. The monoisotopic (exact) mass is 480 g/mol. The number of aromatic nitrogens is 1. The van der Waals surface area contributed by atoms with Crippen LogP contribution in [0.2, 0.25) is 0 Å². The largest absolute Gasteiger partial charge is 0.507 e. The third-order valence-electron chi connectivity index (χ3n) is 6.35. The van der Waals surface area contributed by atoms with Crippen molar-refractivity contribution in [1.29, 1.82) is 0 Å². The number of nitrogens with zero attached hydrogens (tertiary/aromatic N) is 2. The highest BCUT2D eigenvalue weighted by atomic mass is 32.2. The molecule has 7 heteroatoms. The van der Waals surface area contributed by atoms with Crippen molar-refractivity contribution < 1.29 is 9.52 Å². The molecule has 172 valence electrons. The summed E-state index contributed by atoms with van der Waals surface area (Å²) in [6.45, 7) is 0. The number of aliphatic imine (C=N–C) groups is 1. The number of aromatic hydroxyl groups is 1. The summed E-state index contributed by atoms with van der Waals surface area (Å²) < 4.78 is 7.14. The molecule has 1 unspecified atom stereocenters. The second kappa shape index (κ2) is 8.29. The number of para-hydroxylation sites is 3. The van der Waals surface area contributed by atoms with Crippen LogP contribution < -0.4 is 11.2 Å². The normalized spacial score (nSPS) is 15.6. The van der Waals surface area contributed by atoms with Gasteiger partial charge in [0.1, 0.15) is 11.3 Å². The van der Waals surface area contributed by atoms with Gasteiger partial charge in [-0.15, -0.1) is 11.8 Å². The molecule has 0 saturated heterocycles. The molecule has 6 nitrogen and oxygen atoms in total. The van der Waals surface area contributed by atoms with E-state index < -0.39 is 10.9 Å². The number of benzene rings is 3. The molecule has 3 aromatic carbocycles. The molecule has 0 fully saturated rings. The number of pyridine rings is 1. The summed E-state index contributed by atoms with van der Waals surface area (Å²) in [7, 11) is 1.70. The molecule has 1 N–H and O–H groups in total. The van der Waals surface area contributed by atoms with Crippen LogP contribution in [0.1, 0.15) is 22.8 Å². The molecule has 1 aliphatic heterocycles. The summed E-state index contributed by atoms with van der Waals surface area (Å²) in [6.07, 6.45) is 0.267. The summed E-state index contributed by atoms with van der Waals surface area (Å²) in [4.78, 5) is 32.2. The van der Waals surface area contributed by atoms with Crippen LogP contribution in [0.25, 0.3) is 21.9 Å². The highest BCUT2D eigenvalue weighted by Crippen LogP contribution is 2.47. The molecular formula is C28H20N2O4S. The van der Waals surface area contributed by atoms with Gasteiger partial charge in [0.25, 0.3) is 5.56 Å². The summed E-state index contributed by atoms with van der Waals surface area (Å²) in [5, 5.41) is 12.2. The molecular weight excluding hydrogens is 460 g/mol. The lowest BCUT2D eigenvalue weighted by Gasteiger charge is -2.19. The van der Waals surface area contributed by atoms with Crippen molar-refractivity contribution in [2.45, 2.75) is 16.6 Å². The van der Waals surface area contributed by atoms with Crippen LogP contribution in [-0.4, -0.2) is 15.4 Å². The van der Waals surface area contributed by atoms with Crippen molar-refractivity contribution in [3.8, 4) is 5.75 Å². The highest BCUT2D eigenvalue weighted by molar-refractivity contribution is 7.99. The van der Waals surface area contributed by atoms with E-state index in [0.29, 0.717) is 39.0 Å². The highest BCUT2D eigenvalue weighted by Gasteiger charge is 2.30. The fourth-order valence-electron chi connectivity index (χ4n) is 4.60. The van der Waals surface area contributed by atoms with Crippen LogP contribution in [0.5, 0.6) is 5.75 Å². The zero-order valence-corrected chi connectivity index (χ0v) is 19.6. The van der Waals surface area contributed by atoms with Crippen molar-refractivity contribution in [3.05, 3.63) is 111 Å². The number of fused-ring (bicyclic) bond motifs is 3. The first-order valence-corrected chi connectivity index (χ1v) is 12.1. The fraction of sp³-hybridized carbons (Fsp3) is 0.107. The molecule has 1 atom stereocenters. The second-order valence-electron chi connectivity index (χ2n) is 8.47. The minimum absolute atomic E-state index is 0.0366. The smallest absolute Gasteiger partial charge is 0.345 e. The molecule has 6 rings (SSSR count). The van der Waals surface area contributed by atoms with Gasteiger partial charge in [0, 0.05) is 34.4 Å². The second-order valence-corrected chi connectivity index (χ2v) is 9.71. The van der Waals surface area contributed by atoms with Gasteiger partial charge in [-0.2, -0.15) is 0 Å². The van der Waals surface area contributed by atoms with E-state index in [4.69, 9.17) is 9.41 Å². The summed E-state index contributed by atoms with van der Waals surface area (Å²) >= 11 is 1.46. The maximum atomic E-state index is 13.5. The van der Waals surface area contributed by atoms with Gasteiger partial charge in [0.2, 0.25) is 0 Å². The van der Waals surface area contributed by atoms with Gasteiger partial charge in [-0.05, 0) is 36.4 Å². The number of hydrogen-bond donors (Lipinski definition) is 1. The summed E-state index contributed by atoms with van der Waals surface area (Å²) in [6, 6.07) is 24.0. The van der Waals surface area contributed by atoms with E-state index in [2.05, 4.69) is 0 Å². The minimum atomic E-state index is -0.485. The average molecular weight is 481 g/mol. The first-order valence-electron chi connectivity index (χ1n) is 11.2. The van der Waals surface area contributed by atoms with E-state index in [1.54, 1.807) is 29.8 Å². The Bertz CT molecular complexity index is 1780. The summed E-state index contributed by atoms with van der Waals surface area (Å²) in [5.41, 5.74) is 2.27. The van der Waals surface area contributed by atoms with E-state index in [1.165, 1.54) is 11.8 Å². The van der Waals surface area contributed by atoms with Gasteiger partial charge in [-0.3, -0.25) is 9.79 Å². The Morgan fingerprint density at radius 3 is 2.63 bits per heavy atom. The summed E-state index contributed by atoms with van der Waals surface area (Å²) in [5.74, 6) is -0.0366. The third kappa shape index (κ3) is 3.56. The molecule has 2 aromatic heterocycles. The van der Waals surface area contributed by atoms with Crippen LogP contribution in [0.4, 0.5) is 5.69 Å². The predicted octanol–water partition coefficient (Wildman–Crippen LogP) is 5.71. The molecule has 0 amide bonds. The first-order chi connectivity index (χ1) is 17.0. The molecule has 0 saturated carbocycles. The van der Waals surface area contributed by atoms with Gasteiger partial charge in [0.15, 0.2) is 0 Å². The molecule has 0 spiro atoms. The minimum Gasteiger partial charge on any atom is -0.507 e. The Labute approximate surface area is 204 Å². The maximum absolute atomic E-state index is 13.5. The van der Waals surface area contributed by atoms with Gasteiger partial charge in [-0.25, -0.2) is 4.79 Å². The van der Waals surface area contributed by atoms with Gasteiger partial charge in [0.05, 0.1) is 28.0 Å². The quantitative estimate of drug-likeness (QED) is 0.327. The molecule has 35 heavy (non-hydrogen) atoms. The van der Waals surface area contributed by atoms with Gasteiger partial charge < -0.3 is 14.1 Å². The van der Waals surface area contributed by atoms with Gasteiger partial charge >= 0.3 is 5.63 Å². The average Bonchev–Trinajstić information content (AvgIpc) is 3.06. The topological polar surface area (TPSA) is 84.8 Å². The zero-order valence-electron chi connectivity index (χ0n) is 18.8. The van der Waals surface area contributed by atoms with Crippen molar-refractivity contribution >= 4 is 45.0 Å². The maximum Gasteiger partial charge on any atom is 0.345 e. The number of rotatable bonds is 2. The molecule has 0 radical (unpaired) electrons. The Kier molecular flexibility index (Phi) is 5.07. The van der Waals surface area contributed by atoms with Crippen molar-refractivity contribution in [3.63, 3.8) is 0 Å².